The fraction of sp³-hybridized carbons (Fsp3) is 0.476. The summed E-state index contributed by atoms with van der Waals surface area (Å²) in [5, 5.41) is 1.70. The molecule has 1 unspecified atom stereocenters. The van der Waals surface area contributed by atoms with Gasteiger partial charge in [-0.1, -0.05) is 24.3 Å². The molecule has 170 valence electrons. The lowest BCUT2D eigenvalue weighted by molar-refractivity contribution is 0.0516. The standard InChI is InChI=1S/C21H26INO7S/c1-21(2,3)30-20(24)23-10-13(11-29-31(5,25)26)16-14-8-6-7-9-15(14)19(28-12-27-4)17(22)18(16)23/h6-9,13H,10-12H2,1-5H3. The summed E-state index contributed by atoms with van der Waals surface area (Å²) in [5.74, 6) is 0.238. The number of ether oxygens (including phenoxy) is 3. The number of amides is 1. The Morgan fingerprint density at radius 2 is 1.87 bits per heavy atom. The molecule has 1 amide bonds. The van der Waals surface area contributed by atoms with E-state index in [0.717, 1.165) is 26.2 Å². The Hall–Kier alpha value is -1.63. The Bertz CT molecular complexity index is 1100. The third-order valence-corrected chi connectivity index (χ3v) is 6.19. The number of fused-ring (bicyclic) bond motifs is 3. The first-order valence-electron chi connectivity index (χ1n) is 9.63. The molecule has 0 bridgehead atoms. The monoisotopic (exact) mass is 563 g/mol. The SMILES string of the molecule is COCOc1c(I)c2c(c3ccccc13)C(COS(C)(=O)=O)CN2C(=O)OC(C)(C)C. The molecule has 2 aromatic rings. The Labute approximate surface area is 196 Å². The zero-order chi connectivity index (χ0) is 23.0. The number of hydrogen-bond donors (Lipinski definition) is 0. The molecule has 1 aliphatic rings. The number of carbonyl (C=O) groups excluding carboxylic acids is 1. The van der Waals surface area contributed by atoms with Crippen LogP contribution in [0.25, 0.3) is 10.8 Å². The summed E-state index contributed by atoms with van der Waals surface area (Å²) < 4.78 is 45.7. The number of halogens is 1. The summed E-state index contributed by atoms with van der Waals surface area (Å²) >= 11 is 2.15. The maximum absolute atomic E-state index is 13.1. The van der Waals surface area contributed by atoms with Crippen molar-refractivity contribution >= 4 is 55.3 Å². The van der Waals surface area contributed by atoms with E-state index in [1.807, 2.05) is 24.3 Å². The van der Waals surface area contributed by atoms with Crippen molar-refractivity contribution < 1.29 is 31.6 Å². The summed E-state index contributed by atoms with van der Waals surface area (Å²) in [7, 11) is -2.11. The highest BCUT2D eigenvalue weighted by Crippen LogP contribution is 2.49. The van der Waals surface area contributed by atoms with Crippen LogP contribution < -0.4 is 9.64 Å². The Morgan fingerprint density at radius 1 is 1.23 bits per heavy atom. The quantitative estimate of drug-likeness (QED) is 0.295. The predicted octanol–water partition coefficient (Wildman–Crippen LogP) is 4.24. The number of nitrogens with zero attached hydrogens (tertiary/aromatic N) is 1. The maximum atomic E-state index is 13.1. The van der Waals surface area contributed by atoms with E-state index in [4.69, 9.17) is 18.4 Å². The molecule has 0 saturated carbocycles. The third kappa shape index (κ3) is 5.41. The first-order valence-corrected chi connectivity index (χ1v) is 12.5. The van der Waals surface area contributed by atoms with Gasteiger partial charge in [0.1, 0.15) is 11.4 Å². The van der Waals surface area contributed by atoms with Gasteiger partial charge in [0.15, 0.2) is 6.79 Å². The largest absolute Gasteiger partial charge is 0.466 e. The van der Waals surface area contributed by atoms with Gasteiger partial charge in [0.05, 0.1) is 22.1 Å². The minimum Gasteiger partial charge on any atom is -0.466 e. The van der Waals surface area contributed by atoms with Crippen molar-refractivity contribution in [2.45, 2.75) is 32.3 Å². The van der Waals surface area contributed by atoms with Crippen LogP contribution in [0.4, 0.5) is 10.5 Å². The van der Waals surface area contributed by atoms with E-state index in [1.54, 1.807) is 20.8 Å². The van der Waals surface area contributed by atoms with Crippen LogP contribution >= 0.6 is 22.6 Å². The van der Waals surface area contributed by atoms with Crippen LogP contribution in [0.2, 0.25) is 0 Å². The second kappa shape index (κ2) is 9.08. The summed E-state index contributed by atoms with van der Waals surface area (Å²) in [6.45, 7) is 5.59. The van der Waals surface area contributed by atoms with Gasteiger partial charge in [-0.3, -0.25) is 9.08 Å². The van der Waals surface area contributed by atoms with E-state index in [1.165, 1.54) is 12.0 Å². The normalized spacial score (nSPS) is 16.5. The van der Waals surface area contributed by atoms with Gasteiger partial charge in [0.2, 0.25) is 0 Å². The lowest BCUT2D eigenvalue weighted by Crippen LogP contribution is -2.37. The van der Waals surface area contributed by atoms with E-state index in [-0.39, 0.29) is 25.9 Å². The molecule has 8 nitrogen and oxygen atoms in total. The molecule has 0 aromatic heterocycles. The van der Waals surface area contributed by atoms with Crippen molar-refractivity contribution in [2.75, 3.05) is 38.2 Å². The number of rotatable bonds is 6. The molecule has 0 fully saturated rings. The van der Waals surface area contributed by atoms with Crippen LogP contribution in [-0.4, -0.2) is 53.4 Å². The minimum absolute atomic E-state index is 0.0475. The van der Waals surface area contributed by atoms with Gasteiger partial charge in [-0.15, -0.1) is 0 Å². The zero-order valence-electron chi connectivity index (χ0n) is 18.1. The lowest BCUT2D eigenvalue weighted by atomic mass is 9.95. The molecule has 1 atom stereocenters. The molecule has 0 aliphatic carbocycles. The van der Waals surface area contributed by atoms with Crippen molar-refractivity contribution in [1.29, 1.82) is 0 Å². The van der Waals surface area contributed by atoms with Crippen molar-refractivity contribution in [3.8, 4) is 5.75 Å². The van der Waals surface area contributed by atoms with Crippen LogP contribution in [0, 0.1) is 3.57 Å². The molecule has 2 aromatic carbocycles. The van der Waals surface area contributed by atoms with Crippen LogP contribution in [0.5, 0.6) is 5.75 Å². The molecule has 1 aliphatic heterocycles. The summed E-state index contributed by atoms with van der Waals surface area (Å²) in [5.41, 5.74) is 0.789. The molecule has 0 spiro atoms. The van der Waals surface area contributed by atoms with E-state index in [0.29, 0.717) is 11.4 Å². The van der Waals surface area contributed by atoms with Gasteiger partial charge in [-0.25, -0.2) is 4.79 Å². The molecular weight excluding hydrogens is 537 g/mol. The Balaban J connectivity index is 2.20. The average molecular weight is 563 g/mol. The van der Waals surface area contributed by atoms with Crippen molar-refractivity contribution in [3.05, 3.63) is 33.4 Å². The molecule has 0 saturated heterocycles. The molecule has 0 N–H and O–H groups in total. The van der Waals surface area contributed by atoms with Gasteiger partial charge in [0.25, 0.3) is 10.1 Å². The molecular formula is C21H26INO7S. The smallest absolute Gasteiger partial charge is 0.414 e. The van der Waals surface area contributed by atoms with E-state index >= 15 is 0 Å². The van der Waals surface area contributed by atoms with E-state index in [9.17, 15) is 13.2 Å². The van der Waals surface area contributed by atoms with Crippen molar-refractivity contribution in [3.63, 3.8) is 0 Å². The molecule has 31 heavy (non-hydrogen) atoms. The Morgan fingerprint density at radius 3 is 2.45 bits per heavy atom. The highest BCUT2D eigenvalue weighted by molar-refractivity contribution is 14.1. The van der Waals surface area contributed by atoms with Crippen molar-refractivity contribution in [2.24, 2.45) is 0 Å². The topological polar surface area (TPSA) is 91.4 Å². The van der Waals surface area contributed by atoms with Crippen LogP contribution in [-0.2, 0) is 23.8 Å². The van der Waals surface area contributed by atoms with Gasteiger partial charge in [-0.05, 0) is 54.3 Å². The lowest BCUT2D eigenvalue weighted by Gasteiger charge is -2.26. The molecule has 0 radical (unpaired) electrons. The van der Waals surface area contributed by atoms with E-state index < -0.39 is 21.8 Å². The highest BCUT2D eigenvalue weighted by atomic mass is 127. The molecule has 3 rings (SSSR count). The van der Waals surface area contributed by atoms with Gasteiger partial charge in [0, 0.05) is 25.0 Å². The fourth-order valence-electron chi connectivity index (χ4n) is 3.55. The highest BCUT2D eigenvalue weighted by Gasteiger charge is 2.40. The predicted molar refractivity (Wildman–Crippen MR) is 126 cm³/mol. The molecule has 1 heterocycles. The number of carbonyl (C=O) groups is 1. The fourth-order valence-corrected chi connectivity index (χ4v) is 4.99. The zero-order valence-corrected chi connectivity index (χ0v) is 21.1. The third-order valence-electron chi connectivity index (χ3n) is 4.62. The summed E-state index contributed by atoms with van der Waals surface area (Å²) in [4.78, 5) is 14.6. The number of methoxy groups -OCH3 is 1. The first kappa shape index (κ1) is 24.0. The van der Waals surface area contributed by atoms with Crippen LogP contribution in [0.1, 0.15) is 32.3 Å². The second-order valence-corrected chi connectivity index (χ2v) is 11.0. The number of benzene rings is 2. The summed E-state index contributed by atoms with van der Waals surface area (Å²) in [6.07, 6.45) is 0.499. The van der Waals surface area contributed by atoms with Crippen LogP contribution in [0.15, 0.2) is 24.3 Å². The van der Waals surface area contributed by atoms with Gasteiger partial charge < -0.3 is 14.2 Å². The number of hydrogen-bond acceptors (Lipinski definition) is 7. The van der Waals surface area contributed by atoms with Gasteiger partial charge in [-0.2, -0.15) is 8.42 Å². The second-order valence-electron chi connectivity index (χ2n) is 8.28. The van der Waals surface area contributed by atoms with Gasteiger partial charge >= 0.3 is 6.09 Å². The Kier molecular flexibility index (Phi) is 7.04. The maximum Gasteiger partial charge on any atom is 0.414 e. The van der Waals surface area contributed by atoms with Crippen molar-refractivity contribution in [1.82, 2.24) is 0 Å². The average Bonchev–Trinajstić information content (AvgIpc) is 3.05. The van der Waals surface area contributed by atoms with Crippen LogP contribution in [0.3, 0.4) is 0 Å². The summed E-state index contributed by atoms with van der Waals surface area (Å²) in [6, 6.07) is 7.64. The minimum atomic E-state index is -3.64. The molecule has 10 heteroatoms. The number of anilines is 1. The van der Waals surface area contributed by atoms with E-state index in [2.05, 4.69) is 22.6 Å². The first-order chi connectivity index (χ1) is 14.4.